The van der Waals surface area contributed by atoms with Gasteiger partial charge in [0.2, 0.25) is 0 Å². The highest BCUT2D eigenvalue weighted by Gasteiger charge is 2.13. The molecule has 0 atom stereocenters. The van der Waals surface area contributed by atoms with Crippen molar-refractivity contribution in [3.05, 3.63) is 75.8 Å². The van der Waals surface area contributed by atoms with Gasteiger partial charge in [-0.2, -0.15) is 5.10 Å². The number of rotatable bonds is 7. The van der Waals surface area contributed by atoms with Crippen molar-refractivity contribution in [2.45, 2.75) is 26.2 Å². The Kier molecular flexibility index (Phi) is 7.03. The monoisotopic (exact) mass is 381 g/mol. The van der Waals surface area contributed by atoms with E-state index < -0.39 is 10.8 Å². The van der Waals surface area contributed by atoms with E-state index in [0.29, 0.717) is 11.3 Å². The first-order valence-electron chi connectivity index (χ1n) is 8.73. The number of hydrogen-bond acceptors (Lipinski definition) is 5. The Morgan fingerprint density at radius 2 is 1.86 bits per heavy atom. The van der Waals surface area contributed by atoms with E-state index in [9.17, 15) is 14.9 Å². The van der Waals surface area contributed by atoms with E-state index in [-0.39, 0.29) is 17.7 Å². The number of carbonyl (C=O) groups excluding carboxylic acids is 1. The van der Waals surface area contributed by atoms with Crippen molar-refractivity contribution in [1.82, 2.24) is 5.43 Å². The standard InChI is InChI=1S/C21H23N3O4/c1-21(2,3)17-10-12-18(13-11-17)28-15-20(25)23-22-14-6-8-16-7-4-5-9-19(16)24(26)27/h4-14H,15H2,1-3H3,(H,23,25)/b8-6-,22-14+. The Hall–Kier alpha value is -3.48. The Bertz CT molecular complexity index is 881. The molecule has 0 fully saturated rings. The molecule has 0 saturated heterocycles. The molecular weight excluding hydrogens is 358 g/mol. The largest absolute Gasteiger partial charge is 0.484 e. The molecule has 7 heteroatoms. The Labute approximate surface area is 163 Å². The van der Waals surface area contributed by atoms with E-state index in [1.165, 1.54) is 23.9 Å². The molecule has 0 bridgehead atoms. The van der Waals surface area contributed by atoms with Gasteiger partial charge in [0.25, 0.3) is 11.6 Å². The predicted molar refractivity (Wildman–Crippen MR) is 109 cm³/mol. The Morgan fingerprint density at radius 1 is 1.18 bits per heavy atom. The number of hydrogen-bond donors (Lipinski definition) is 1. The molecule has 1 N–H and O–H groups in total. The molecule has 0 radical (unpaired) electrons. The summed E-state index contributed by atoms with van der Waals surface area (Å²) >= 11 is 0. The molecule has 0 unspecified atom stereocenters. The smallest absolute Gasteiger partial charge is 0.277 e. The number of carbonyl (C=O) groups is 1. The van der Waals surface area contributed by atoms with Crippen molar-refractivity contribution in [3.8, 4) is 5.75 Å². The first-order valence-corrected chi connectivity index (χ1v) is 8.73. The minimum Gasteiger partial charge on any atom is -0.484 e. The fourth-order valence-corrected chi connectivity index (χ4v) is 2.33. The maximum atomic E-state index is 11.8. The van der Waals surface area contributed by atoms with Crippen LogP contribution in [-0.2, 0) is 10.2 Å². The third-order valence-electron chi connectivity index (χ3n) is 3.85. The number of hydrazone groups is 1. The lowest BCUT2D eigenvalue weighted by atomic mass is 9.87. The summed E-state index contributed by atoms with van der Waals surface area (Å²) in [5, 5.41) is 14.7. The number of allylic oxidation sites excluding steroid dienone is 1. The second kappa shape index (κ2) is 9.45. The highest BCUT2D eigenvalue weighted by molar-refractivity contribution is 5.82. The molecule has 2 aromatic rings. The summed E-state index contributed by atoms with van der Waals surface area (Å²) in [7, 11) is 0. The summed E-state index contributed by atoms with van der Waals surface area (Å²) in [4.78, 5) is 22.2. The number of nitrogens with one attached hydrogen (secondary N) is 1. The molecule has 0 aliphatic heterocycles. The van der Waals surface area contributed by atoms with Gasteiger partial charge in [-0.25, -0.2) is 5.43 Å². The first-order chi connectivity index (χ1) is 13.3. The molecule has 0 aliphatic rings. The van der Waals surface area contributed by atoms with Crippen molar-refractivity contribution in [2.24, 2.45) is 5.10 Å². The molecule has 0 heterocycles. The fourth-order valence-electron chi connectivity index (χ4n) is 2.33. The van der Waals surface area contributed by atoms with E-state index in [1.54, 1.807) is 24.3 Å². The molecule has 7 nitrogen and oxygen atoms in total. The minimum atomic E-state index is -0.454. The molecule has 0 aliphatic carbocycles. The molecule has 146 valence electrons. The van der Waals surface area contributed by atoms with Gasteiger partial charge < -0.3 is 4.74 Å². The number of benzene rings is 2. The second-order valence-electron chi connectivity index (χ2n) is 7.05. The van der Waals surface area contributed by atoms with E-state index in [4.69, 9.17) is 4.74 Å². The molecule has 28 heavy (non-hydrogen) atoms. The highest BCUT2D eigenvalue weighted by atomic mass is 16.6. The molecular formula is C21H23N3O4. The van der Waals surface area contributed by atoms with Crippen LogP contribution in [0.5, 0.6) is 5.75 Å². The van der Waals surface area contributed by atoms with Crippen LogP contribution >= 0.6 is 0 Å². The molecule has 2 rings (SSSR count). The van der Waals surface area contributed by atoms with Gasteiger partial charge >= 0.3 is 0 Å². The van der Waals surface area contributed by atoms with Gasteiger partial charge in [0, 0.05) is 12.3 Å². The van der Waals surface area contributed by atoms with E-state index in [1.807, 2.05) is 24.3 Å². The van der Waals surface area contributed by atoms with Gasteiger partial charge in [0.05, 0.1) is 10.5 Å². The number of nitrogens with zero attached hydrogens (tertiary/aromatic N) is 2. The third kappa shape index (κ3) is 6.35. The minimum absolute atomic E-state index is 0.00191. The molecule has 1 amide bonds. The zero-order valence-electron chi connectivity index (χ0n) is 16.1. The zero-order valence-corrected chi connectivity index (χ0v) is 16.1. The van der Waals surface area contributed by atoms with Gasteiger partial charge in [-0.1, -0.05) is 45.0 Å². The highest BCUT2D eigenvalue weighted by Crippen LogP contribution is 2.24. The molecule has 0 saturated carbocycles. The van der Waals surface area contributed by atoms with Gasteiger partial charge in [-0.3, -0.25) is 14.9 Å². The van der Waals surface area contributed by atoms with Crippen LogP contribution < -0.4 is 10.2 Å². The summed E-state index contributed by atoms with van der Waals surface area (Å²) in [5.74, 6) is 0.193. The summed E-state index contributed by atoms with van der Waals surface area (Å²) in [6, 6.07) is 13.9. The number of nitro groups is 1. The average Bonchev–Trinajstić information content (AvgIpc) is 2.66. The van der Waals surface area contributed by atoms with Crippen molar-refractivity contribution in [3.63, 3.8) is 0 Å². The lowest BCUT2D eigenvalue weighted by Gasteiger charge is -2.19. The lowest BCUT2D eigenvalue weighted by Crippen LogP contribution is -2.24. The fraction of sp³-hybridized carbons (Fsp3) is 0.238. The Balaban J connectivity index is 1.80. The molecule has 0 aromatic heterocycles. The van der Waals surface area contributed by atoms with Gasteiger partial charge in [-0.05, 0) is 41.3 Å². The van der Waals surface area contributed by atoms with Gasteiger partial charge in [0.15, 0.2) is 6.61 Å². The zero-order chi connectivity index (χ0) is 20.6. The lowest BCUT2D eigenvalue weighted by molar-refractivity contribution is -0.385. The quantitative estimate of drug-likeness (QED) is 0.444. The summed E-state index contributed by atoms with van der Waals surface area (Å²) in [6.45, 7) is 6.20. The first kappa shape index (κ1) is 20.8. The predicted octanol–water partition coefficient (Wildman–Crippen LogP) is 4.09. The molecule has 2 aromatic carbocycles. The van der Waals surface area contributed by atoms with Crippen LogP contribution in [0, 0.1) is 10.1 Å². The Morgan fingerprint density at radius 3 is 2.50 bits per heavy atom. The molecule has 0 spiro atoms. The second-order valence-corrected chi connectivity index (χ2v) is 7.05. The normalized spacial score (nSPS) is 11.7. The number of amides is 1. The average molecular weight is 381 g/mol. The van der Waals surface area contributed by atoms with Crippen LogP contribution in [0.4, 0.5) is 5.69 Å². The number of nitro benzene ring substituents is 1. The van der Waals surface area contributed by atoms with E-state index >= 15 is 0 Å². The van der Waals surface area contributed by atoms with Crippen molar-refractivity contribution in [2.75, 3.05) is 6.61 Å². The van der Waals surface area contributed by atoms with Crippen LogP contribution in [-0.4, -0.2) is 23.7 Å². The summed E-state index contributed by atoms with van der Waals surface area (Å²) in [5.41, 5.74) is 4.02. The van der Waals surface area contributed by atoms with E-state index in [2.05, 4.69) is 31.3 Å². The van der Waals surface area contributed by atoms with Crippen LogP contribution in [0.25, 0.3) is 6.08 Å². The topological polar surface area (TPSA) is 93.8 Å². The van der Waals surface area contributed by atoms with Crippen LogP contribution in [0.3, 0.4) is 0 Å². The van der Waals surface area contributed by atoms with Crippen LogP contribution in [0.1, 0.15) is 31.9 Å². The third-order valence-corrected chi connectivity index (χ3v) is 3.85. The van der Waals surface area contributed by atoms with Crippen molar-refractivity contribution >= 4 is 23.9 Å². The SMILES string of the molecule is CC(C)(C)c1ccc(OCC(=O)N/N=C/C=C\c2ccccc2[N+](=O)[O-])cc1. The maximum absolute atomic E-state index is 11.8. The maximum Gasteiger partial charge on any atom is 0.277 e. The number of ether oxygens (including phenoxy) is 1. The van der Waals surface area contributed by atoms with Gasteiger partial charge in [0.1, 0.15) is 5.75 Å². The van der Waals surface area contributed by atoms with Crippen molar-refractivity contribution in [1.29, 1.82) is 0 Å². The summed E-state index contributed by atoms with van der Waals surface area (Å²) in [6.07, 6.45) is 4.39. The van der Waals surface area contributed by atoms with E-state index in [0.717, 1.165) is 0 Å². The van der Waals surface area contributed by atoms with Gasteiger partial charge in [-0.15, -0.1) is 0 Å². The van der Waals surface area contributed by atoms with Crippen LogP contribution in [0.2, 0.25) is 0 Å². The summed E-state index contributed by atoms with van der Waals surface area (Å²) < 4.78 is 5.42. The van der Waals surface area contributed by atoms with Crippen molar-refractivity contribution < 1.29 is 14.5 Å². The van der Waals surface area contributed by atoms with Crippen LogP contribution in [0.15, 0.2) is 59.7 Å². The number of para-hydroxylation sites is 1.